The summed E-state index contributed by atoms with van der Waals surface area (Å²) in [6.45, 7) is 4.78. The van der Waals surface area contributed by atoms with Crippen molar-refractivity contribution in [1.29, 1.82) is 0 Å². The summed E-state index contributed by atoms with van der Waals surface area (Å²) in [5.74, 6) is -1.06. The Bertz CT molecular complexity index is 551. The Labute approximate surface area is 123 Å². The van der Waals surface area contributed by atoms with Gasteiger partial charge in [-0.2, -0.15) is 0 Å². The molecule has 0 radical (unpaired) electrons. The largest absolute Gasteiger partial charge is 0.478 e. The van der Waals surface area contributed by atoms with Gasteiger partial charge >= 0.3 is 12.0 Å². The lowest BCUT2D eigenvalue weighted by atomic mass is 9.95. The van der Waals surface area contributed by atoms with E-state index in [1.165, 1.54) is 0 Å². The number of amides is 2. The first-order chi connectivity index (χ1) is 9.91. The van der Waals surface area contributed by atoms with Crippen LogP contribution in [0.5, 0.6) is 0 Å². The van der Waals surface area contributed by atoms with E-state index in [9.17, 15) is 14.7 Å². The van der Waals surface area contributed by atoms with Crippen LogP contribution < -0.4 is 10.6 Å². The molecule has 1 aliphatic heterocycles. The maximum Gasteiger partial charge on any atom is 0.338 e. The number of carboxylic acid groups (broad SMARTS) is 1. The van der Waals surface area contributed by atoms with E-state index in [-0.39, 0.29) is 5.56 Å². The highest BCUT2D eigenvalue weighted by atomic mass is 16.5. The molecule has 1 heterocycles. The van der Waals surface area contributed by atoms with Crippen molar-refractivity contribution >= 4 is 17.7 Å². The normalized spacial score (nSPS) is 21.6. The molecule has 1 aliphatic rings. The van der Waals surface area contributed by atoms with Gasteiger partial charge in [0.15, 0.2) is 0 Å². The maximum absolute atomic E-state index is 12.1. The predicted octanol–water partition coefficient (Wildman–Crippen LogP) is 2.38. The molecule has 1 saturated heterocycles. The number of anilines is 1. The molecule has 2 amide bonds. The molecule has 6 nitrogen and oxygen atoms in total. The highest BCUT2D eigenvalue weighted by Crippen LogP contribution is 2.21. The molecule has 3 N–H and O–H groups in total. The molecule has 1 aromatic carbocycles. The number of hydrogen-bond donors (Lipinski definition) is 3. The summed E-state index contributed by atoms with van der Waals surface area (Å²) in [7, 11) is 0. The molecular weight excluding hydrogens is 272 g/mol. The number of benzene rings is 1. The first kappa shape index (κ1) is 15.3. The van der Waals surface area contributed by atoms with Crippen LogP contribution in [0.4, 0.5) is 10.5 Å². The smallest absolute Gasteiger partial charge is 0.338 e. The predicted molar refractivity (Wildman–Crippen MR) is 78.8 cm³/mol. The fourth-order valence-electron chi connectivity index (χ4n) is 2.52. The summed E-state index contributed by atoms with van der Waals surface area (Å²) in [5, 5.41) is 14.7. The van der Waals surface area contributed by atoms with Gasteiger partial charge in [-0.25, -0.2) is 9.59 Å². The summed E-state index contributed by atoms with van der Waals surface area (Å²) in [6, 6.07) is 4.57. The zero-order chi connectivity index (χ0) is 15.5. The number of carbonyl (C=O) groups is 2. The fourth-order valence-corrected chi connectivity index (χ4v) is 2.52. The third kappa shape index (κ3) is 3.72. The van der Waals surface area contributed by atoms with E-state index in [2.05, 4.69) is 10.6 Å². The van der Waals surface area contributed by atoms with Crippen LogP contribution in [0.1, 0.15) is 35.7 Å². The standard InChI is InChI=1S/C15H20N2O4/c1-10-5-3-6-11(12(10)13(18)19)16-14(20)17-15(2)7-4-8-21-9-15/h3,5-6H,4,7-9H2,1-2H3,(H,18,19)(H2,16,17,20). The quantitative estimate of drug-likeness (QED) is 0.798. The maximum atomic E-state index is 12.1. The first-order valence-corrected chi connectivity index (χ1v) is 6.91. The van der Waals surface area contributed by atoms with Gasteiger partial charge in [0.05, 0.1) is 23.4 Å². The number of nitrogens with one attached hydrogen (secondary N) is 2. The van der Waals surface area contributed by atoms with Crippen molar-refractivity contribution in [3.63, 3.8) is 0 Å². The molecule has 2 rings (SSSR count). The molecule has 0 saturated carbocycles. The molecule has 6 heteroatoms. The lowest BCUT2D eigenvalue weighted by Crippen LogP contribution is -2.52. The zero-order valence-electron chi connectivity index (χ0n) is 12.2. The lowest BCUT2D eigenvalue weighted by Gasteiger charge is -2.34. The second-order valence-electron chi connectivity index (χ2n) is 5.60. The van der Waals surface area contributed by atoms with Gasteiger partial charge in [0.1, 0.15) is 0 Å². The molecule has 0 aliphatic carbocycles. The van der Waals surface area contributed by atoms with E-state index in [1.54, 1.807) is 25.1 Å². The van der Waals surface area contributed by atoms with Gasteiger partial charge in [0.25, 0.3) is 0 Å². The molecule has 1 aromatic rings. The summed E-state index contributed by atoms with van der Waals surface area (Å²) < 4.78 is 5.38. The Hall–Kier alpha value is -2.08. The first-order valence-electron chi connectivity index (χ1n) is 6.91. The number of carboxylic acids is 1. The van der Waals surface area contributed by atoms with E-state index in [4.69, 9.17) is 4.74 Å². The monoisotopic (exact) mass is 292 g/mol. The van der Waals surface area contributed by atoms with E-state index in [0.29, 0.717) is 24.5 Å². The number of carbonyl (C=O) groups excluding carboxylic acids is 1. The summed E-state index contributed by atoms with van der Waals surface area (Å²) in [6.07, 6.45) is 1.72. The Kier molecular flexibility index (Phi) is 4.47. The Morgan fingerprint density at radius 1 is 1.38 bits per heavy atom. The number of hydrogen-bond acceptors (Lipinski definition) is 3. The van der Waals surface area contributed by atoms with Crippen molar-refractivity contribution < 1.29 is 19.4 Å². The van der Waals surface area contributed by atoms with E-state index in [0.717, 1.165) is 12.8 Å². The average molecular weight is 292 g/mol. The SMILES string of the molecule is Cc1cccc(NC(=O)NC2(C)CCCOC2)c1C(=O)O. The van der Waals surface area contributed by atoms with Crippen molar-refractivity contribution in [2.75, 3.05) is 18.5 Å². The van der Waals surface area contributed by atoms with Crippen molar-refractivity contribution in [1.82, 2.24) is 5.32 Å². The van der Waals surface area contributed by atoms with Crippen LogP contribution in [0, 0.1) is 6.92 Å². The van der Waals surface area contributed by atoms with Crippen molar-refractivity contribution in [3.05, 3.63) is 29.3 Å². The van der Waals surface area contributed by atoms with Crippen LogP contribution in [0.25, 0.3) is 0 Å². The number of urea groups is 1. The minimum absolute atomic E-state index is 0.109. The Morgan fingerprint density at radius 3 is 2.76 bits per heavy atom. The highest BCUT2D eigenvalue weighted by Gasteiger charge is 2.29. The summed E-state index contributed by atoms with van der Waals surface area (Å²) in [4.78, 5) is 23.4. The van der Waals surface area contributed by atoms with Crippen molar-refractivity contribution in [2.45, 2.75) is 32.2 Å². The molecule has 1 unspecified atom stereocenters. The second-order valence-corrected chi connectivity index (χ2v) is 5.60. The summed E-state index contributed by atoms with van der Waals surface area (Å²) in [5.41, 5.74) is 0.584. The minimum atomic E-state index is -1.06. The summed E-state index contributed by atoms with van der Waals surface area (Å²) >= 11 is 0. The molecule has 0 spiro atoms. The van der Waals surface area contributed by atoms with Gasteiger partial charge in [-0.15, -0.1) is 0 Å². The average Bonchev–Trinajstić information content (AvgIpc) is 2.38. The molecule has 21 heavy (non-hydrogen) atoms. The molecule has 114 valence electrons. The number of rotatable bonds is 3. The molecular formula is C15H20N2O4. The zero-order valence-corrected chi connectivity index (χ0v) is 12.2. The van der Waals surface area contributed by atoms with Gasteiger partial charge in [-0.1, -0.05) is 12.1 Å². The number of aromatic carboxylic acids is 1. The van der Waals surface area contributed by atoms with Crippen LogP contribution in [-0.4, -0.2) is 35.9 Å². The Morgan fingerprint density at radius 2 is 2.14 bits per heavy atom. The third-order valence-corrected chi connectivity index (χ3v) is 3.59. The second kappa shape index (κ2) is 6.13. The van der Waals surface area contributed by atoms with Crippen LogP contribution >= 0.6 is 0 Å². The van der Waals surface area contributed by atoms with Crippen LogP contribution in [0.2, 0.25) is 0 Å². The van der Waals surface area contributed by atoms with Crippen LogP contribution in [0.15, 0.2) is 18.2 Å². The van der Waals surface area contributed by atoms with Gasteiger partial charge in [0, 0.05) is 6.61 Å². The van der Waals surface area contributed by atoms with Gasteiger partial charge in [0.2, 0.25) is 0 Å². The lowest BCUT2D eigenvalue weighted by molar-refractivity contribution is 0.0342. The van der Waals surface area contributed by atoms with Gasteiger partial charge < -0.3 is 20.5 Å². The minimum Gasteiger partial charge on any atom is -0.478 e. The molecule has 0 aromatic heterocycles. The molecule has 1 fully saturated rings. The van der Waals surface area contributed by atoms with E-state index in [1.807, 2.05) is 6.92 Å². The Balaban J connectivity index is 2.09. The topological polar surface area (TPSA) is 87.7 Å². The third-order valence-electron chi connectivity index (χ3n) is 3.59. The van der Waals surface area contributed by atoms with E-state index < -0.39 is 17.5 Å². The van der Waals surface area contributed by atoms with Gasteiger partial charge in [-0.3, -0.25) is 0 Å². The van der Waals surface area contributed by atoms with Crippen LogP contribution in [-0.2, 0) is 4.74 Å². The van der Waals surface area contributed by atoms with Crippen molar-refractivity contribution in [2.24, 2.45) is 0 Å². The number of ether oxygens (including phenoxy) is 1. The van der Waals surface area contributed by atoms with E-state index >= 15 is 0 Å². The highest BCUT2D eigenvalue weighted by molar-refractivity contribution is 6.01. The van der Waals surface area contributed by atoms with Crippen LogP contribution in [0.3, 0.4) is 0 Å². The fraction of sp³-hybridized carbons (Fsp3) is 0.467. The van der Waals surface area contributed by atoms with Gasteiger partial charge in [-0.05, 0) is 38.3 Å². The van der Waals surface area contributed by atoms with Crippen molar-refractivity contribution in [3.8, 4) is 0 Å². The molecule has 0 bridgehead atoms. The number of aryl methyl sites for hydroxylation is 1. The molecule has 1 atom stereocenters.